The van der Waals surface area contributed by atoms with Crippen molar-refractivity contribution in [2.24, 2.45) is 5.73 Å². The smallest absolute Gasteiger partial charge is 0.231 e. The van der Waals surface area contributed by atoms with E-state index in [1.165, 1.54) is 11.1 Å². The van der Waals surface area contributed by atoms with Gasteiger partial charge in [-0.05, 0) is 49.9 Å². The Morgan fingerprint density at radius 1 is 1.33 bits per heavy atom. The molecule has 1 unspecified atom stereocenters. The lowest BCUT2D eigenvalue weighted by atomic mass is 10.0. The van der Waals surface area contributed by atoms with Gasteiger partial charge in [-0.2, -0.15) is 0 Å². The quantitative estimate of drug-likeness (QED) is 0.824. The second-order valence-corrected chi connectivity index (χ2v) is 4.15. The van der Waals surface area contributed by atoms with E-state index in [0.29, 0.717) is 6.79 Å². The molecule has 2 N–H and O–H groups in total. The van der Waals surface area contributed by atoms with Crippen molar-refractivity contribution in [3.8, 4) is 11.5 Å². The average Bonchev–Trinajstić information content (AvgIpc) is 2.60. The highest BCUT2D eigenvalue weighted by atomic mass is 16.7. The highest BCUT2D eigenvalue weighted by Gasteiger charge is 2.15. The first kappa shape index (κ1) is 10.3. The molecule has 0 saturated carbocycles. The number of aryl methyl sites for hydroxylation is 2. The fourth-order valence-electron chi connectivity index (χ4n) is 1.74. The summed E-state index contributed by atoms with van der Waals surface area (Å²) in [5, 5.41) is 0. The molecule has 0 radical (unpaired) electrons. The molecule has 1 atom stereocenters. The zero-order chi connectivity index (χ0) is 10.8. The third-order valence-electron chi connectivity index (χ3n) is 2.70. The third kappa shape index (κ3) is 2.23. The standard InChI is InChI=1S/C12H17NO2/c1-8-5-11-12(15-7-14-11)6-10(8)4-3-9(2)13/h5-6,9H,3-4,7,13H2,1-2H3. The van der Waals surface area contributed by atoms with E-state index in [2.05, 4.69) is 13.0 Å². The Kier molecular flexibility index (Phi) is 2.82. The highest BCUT2D eigenvalue weighted by molar-refractivity contribution is 5.48. The lowest BCUT2D eigenvalue weighted by Crippen LogP contribution is -2.15. The van der Waals surface area contributed by atoms with Crippen molar-refractivity contribution in [1.82, 2.24) is 0 Å². The minimum atomic E-state index is 0.245. The monoisotopic (exact) mass is 207 g/mol. The molecule has 1 aliphatic heterocycles. The molecule has 1 aromatic carbocycles. The van der Waals surface area contributed by atoms with Crippen LogP contribution in [0.2, 0.25) is 0 Å². The summed E-state index contributed by atoms with van der Waals surface area (Å²) >= 11 is 0. The van der Waals surface area contributed by atoms with E-state index in [0.717, 1.165) is 24.3 Å². The van der Waals surface area contributed by atoms with Crippen molar-refractivity contribution in [2.45, 2.75) is 32.7 Å². The first-order valence-corrected chi connectivity index (χ1v) is 5.31. The molecule has 2 rings (SSSR count). The van der Waals surface area contributed by atoms with Crippen LogP contribution in [0.5, 0.6) is 11.5 Å². The van der Waals surface area contributed by atoms with E-state index < -0.39 is 0 Å². The van der Waals surface area contributed by atoms with E-state index in [1.807, 2.05) is 13.0 Å². The summed E-state index contributed by atoms with van der Waals surface area (Å²) in [6.07, 6.45) is 2.00. The molecule has 0 bridgehead atoms. The molecular formula is C12H17NO2. The van der Waals surface area contributed by atoms with Gasteiger partial charge in [0.1, 0.15) is 0 Å². The largest absolute Gasteiger partial charge is 0.454 e. The van der Waals surface area contributed by atoms with E-state index in [-0.39, 0.29) is 6.04 Å². The van der Waals surface area contributed by atoms with Crippen molar-refractivity contribution in [3.63, 3.8) is 0 Å². The van der Waals surface area contributed by atoms with Crippen LogP contribution in [-0.4, -0.2) is 12.8 Å². The van der Waals surface area contributed by atoms with Crippen LogP contribution in [0, 0.1) is 6.92 Å². The molecule has 1 aromatic rings. The Bertz CT molecular complexity index is 361. The summed E-state index contributed by atoms with van der Waals surface area (Å²) in [7, 11) is 0. The van der Waals surface area contributed by atoms with Gasteiger partial charge in [0, 0.05) is 6.04 Å². The van der Waals surface area contributed by atoms with Crippen LogP contribution < -0.4 is 15.2 Å². The number of rotatable bonds is 3. The maximum Gasteiger partial charge on any atom is 0.231 e. The summed E-state index contributed by atoms with van der Waals surface area (Å²) in [6, 6.07) is 4.36. The molecule has 0 amide bonds. The van der Waals surface area contributed by atoms with Gasteiger partial charge >= 0.3 is 0 Å². The van der Waals surface area contributed by atoms with Crippen molar-refractivity contribution in [2.75, 3.05) is 6.79 Å². The topological polar surface area (TPSA) is 44.5 Å². The molecule has 82 valence electrons. The molecule has 15 heavy (non-hydrogen) atoms. The Morgan fingerprint density at radius 3 is 2.67 bits per heavy atom. The minimum Gasteiger partial charge on any atom is -0.454 e. The number of hydrogen-bond acceptors (Lipinski definition) is 3. The zero-order valence-electron chi connectivity index (χ0n) is 9.25. The minimum absolute atomic E-state index is 0.245. The van der Waals surface area contributed by atoms with Crippen LogP contribution in [0.25, 0.3) is 0 Å². The lowest BCUT2D eigenvalue weighted by Gasteiger charge is -2.09. The van der Waals surface area contributed by atoms with Crippen LogP contribution in [0.1, 0.15) is 24.5 Å². The predicted octanol–water partition coefficient (Wildman–Crippen LogP) is 2.00. The molecule has 3 heteroatoms. The fourth-order valence-corrected chi connectivity index (χ4v) is 1.74. The number of hydrogen-bond donors (Lipinski definition) is 1. The summed E-state index contributed by atoms with van der Waals surface area (Å²) in [4.78, 5) is 0. The fraction of sp³-hybridized carbons (Fsp3) is 0.500. The number of ether oxygens (including phenoxy) is 2. The van der Waals surface area contributed by atoms with Gasteiger partial charge < -0.3 is 15.2 Å². The first-order valence-electron chi connectivity index (χ1n) is 5.31. The number of benzene rings is 1. The molecule has 0 spiro atoms. The molecule has 0 aliphatic carbocycles. The molecule has 1 heterocycles. The Balaban J connectivity index is 2.17. The van der Waals surface area contributed by atoms with Crippen LogP contribution in [0.4, 0.5) is 0 Å². The maximum absolute atomic E-state index is 5.75. The Hall–Kier alpha value is -1.22. The Morgan fingerprint density at radius 2 is 2.00 bits per heavy atom. The van der Waals surface area contributed by atoms with Crippen molar-refractivity contribution in [1.29, 1.82) is 0 Å². The first-order chi connectivity index (χ1) is 7.16. The Labute approximate surface area is 90.2 Å². The van der Waals surface area contributed by atoms with Gasteiger partial charge in [-0.3, -0.25) is 0 Å². The van der Waals surface area contributed by atoms with Gasteiger partial charge in [0.05, 0.1) is 0 Å². The van der Waals surface area contributed by atoms with Crippen molar-refractivity contribution in [3.05, 3.63) is 23.3 Å². The van der Waals surface area contributed by atoms with E-state index in [9.17, 15) is 0 Å². The SMILES string of the molecule is Cc1cc2c(cc1CCC(C)N)OCO2. The van der Waals surface area contributed by atoms with Gasteiger partial charge in [-0.25, -0.2) is 0 Å². The number of fused-ring (bicyclic) bond motifs is 1. The average molecular weight is 207 g/mol. The van der Waals surface area contributed by atoms with E-state index in [4.69, 9.17) is 15.2 Å². The molecule has 0 aromatic heterocycles. The summed E-state index contributed by atoms with van der Waals surface area (Å²) in [5.41, 5.74) is 8.30. The summed E-state index contributed by atoms with van der Waals surface area (Å²) in [6.45, 7) is 4.46. The van der Waals surface area contributed by atoms with Gasteiger partial charge in [-0.15, -0.1) is 0 Å². The predicted molar refractivity (Wildman–Crippen MR) is 59.3 cm³/mol. The molecule has 1 aliphatic rings. The highest BCUT2D eigenvalue weighted by Crippen LogP contribution is 2.34. The van der Waals surface area contributed by atoms with Gasteiger partial charge in [0.25, 0.3) is 0 Å². The van der Waals surface area contributed by atoms with Crippen LogP contribution in [0.3, 0.4) is 0 Å². The summed E-state index contributed by atoms with van der Waals surface area (Å²) in [5.74, 6) is 1.72. The lowest BCUT2D eigenvalue weighted by molar-refractivity contribution is 0.174. The normalized spacial score (nSPS) is 15.4. The van der Waals surface area contributed by atoms with Gasteiger partial charge in [-0.1, -0.05) is 0 Å². The van der Waals surface area contributed by atoms with Crippen molar-refractivity contribution < 1.29 is 9.47 Å². The van der Waals surface area contributed by atoms with Crippen LogP contribution in [0.15, 0.2) is 12.1 Å². The molecular weight excluding hydrogens is 190 g/mol. The second kappa shape index (κ2) is 4.11. The summed E-state index contributed by atoms with van der Waals surface area (Å²) < 4.78 is 10.7. The van der Waals surface area contributed by atoms with E-state index in [1.54, 1.807) is 0 Å². The molecule has 0 fully saturated rings. The second-order valence-electron chi connectivity index (χ2n) is 4.15. The molecule has 0 saturated heterocycles. The van der Waals surface area contributed by atoms with Crippen LogP contribution >= 0.6 is 0 Å². The van der Waals surface area contributed by atoms with E-state index >= 15 is 0 Å². The zero-order valence-corrected chi connectivity index (χ0v) is 9.25. The maximum atomic E-state index is 5.75. The van der Waals surface area contributed by atoms with Gasteiger partial charge in [0.15, 0.2) is 11.5 Å². The van der Waals surface area contributed by atoms with Crippen molar-refractivity contribution >= 4 is 0 Å². The number of nitrogens with two attached hydrogens (primary N) is 1. The van der Waals surface area contributed by atoms with Crippen LogP contribution in [-0.2, 0) is 6.42 Å². The molecule has 3 nitrogen and oxygen atoms in total. The van der Waals surface area contributed by atoms with Gasteiger partial charge in [0.2, 0.25) is 6.79 Å². The third-order valence-corrected chi connectivity index (χ3v) is 2.70.